The SMILES string of the molecule is Cc1cccc(N2CCN(CCCc3n[nH]c(C)n3)CC2)n1. The molecular formula is C16H24N6. The van der Waals surface area contributed by atoms with E-state index in [2.05, 4.69) is 42.1 Å². The number of aromatic amines is 1. The first kappa shape index (κ1) is 15.0. The normalized spacial score (nSPS) is 16.2. The zero-order chi connectivity index (χ0) is 15.4. The highest BCUT2D eigenvalue weighted by Gasteiger charge is 2.17. The van der Waals surface area contributed by atoms with Crippen molar-refractivity contribution in [1.29, 1.82) is 0 Å². The highest BCUT2D eigenvalue weighted by Crippen LogP contribution is 2.14. The number of hydrogen-bond donors (Lipinski definition) is 1. The molecule has 1 aliphatic rings. The van der Waals surface area contributed by atoms with Crippen molar-refractivity contribution < 1.29 is 0 Å². The molecule has 0 aromatic carbocycles. The molecule has 3 rings (SSSR count). The van der Waals surface area contributed by atoms with E-state index >= 15 is 0 Å². The molecule has 0 spiro atoms. The zero-order valence-corrected chi connectivity index (χ0v) is 13.4. The van der Waals surface area contributed by atoms with Gasteiger partial charge in [-0.1, -0.05) is 6.07 Å². The first-order valence-corrected chi connectivity index (χ1v) is 7.99. The van der Waals surface area contributed by atoms with E-state index in [1.165, 1.54) is 0 Å². The van der Waals surface area contributed by atoms with Crippen molar-refractivity contribution >= 4 is 5.82 Å². The molecule has 1 N–H and O–H groups in total. The van der Waals surface area contributed by atoms with Gasteiger partial charge in [0, 0.05) is 38.3 Å². The molecule has 118 valence electrons. The molecular weight excluding hydrogens is 276 g/mol. The molecule has 6 nitrogen and oxygen atoms in total. The lowest BCUT2D eigenvalue weighted by Gasteiger charge is -2.35. The summed E-state index contributed by atoms with van der Waals surface area (Å²) in [6.07, 6.45) is 2.06. The smallest absolute Gasteiger partial charge is 0.150 e. The second-order valence-corrected chi connectivity index (χ2v) is 5.91. The van der Waals surface area contributed by atoms with Gasteiger partial charge >= 0.3 is 0 Å². The van der Waals surface area contributed by atoms with Crippen molar-refractivity contribution in [3.63, 3.8) is 0 Å². The van der Waals surface area contributed by atoms with Gasteiger partial charge in [-0.25, -0.2) is 9.97 Å². The number of anilines is 1. The molecule has 0 bridgehead atoms. The molecule has 6 heteroatoms. The van der Waals surface area contributed by atoms with Crippen molar-refractivity contribution in [3.05, 3.63) is 35.5 Å². The average molecular weight is 300 g/mol. The monoisotopic (exact) mass is 300 g/mol. The topological polar surface area (TPSA) is 60.9 Å². The Labute approximate surface area is 131 Å². The van der Waals surface area contributed by atoms with Crippen molar-refractivity contribution in [2.45, 2.75) is 26.7 Å². The Morgan fingerprint density at radius 3 is 2.59 bits per heavy atom. The number of aromatic nitrogens is 4. The summed E-state index contributed by atoms with van der Waals surface area (Å²) in [6.45, 7) is 9.40. The van der Waals surface area contributed by atoms with E-state index in [1.807, 2.05) is 19.9 Å². The second-order valence-electron chi connectivity index (χ2n) is 5.91. The summed E-state index contributed by atoms with van der Waals surface area (Å²) in [5.74, 6) is 2.94. The van der Waals surface area contributed by atoms with Crippen LogP contribution in [0.15, 0.2) is 18.2 Å². The van der Waals surface area contributed by atoms with E-state index in [4.69, 9.17) is 0 Å². The fourth-order valence-electron chi connectivity index (χ4n) is 2.87. The maximum absolute atomic E-state index is 4.61. The average Bonchev–Trinajstić information content (AvgIpc) is 2.93. The molecule has 22 heavy (non-hydrogen) atoms. The molecule has 1 fully saturated rings. The third-order valence-electron chi connectivity index (χ3n) is 4.09. The van der Waals surface area contributed by atoms with E-state index < -0.39 is 0 Å². The molecule has 2 aromatic heterocycles. The molecule has 0 atom stereocenters. The first-order chi connectivity index (χ1) is 10.7. The first-order valence-electron chi connectivity index (χ1n) is 7.99. The van der Waals surface area contributed by atoms with Gasteiger partial charge < -0.3 is 4.90 Å². The Bertz CT molecular complexity index is 600. The van der Waals surface area contributed by atoms with Crippen molar-refractivity contribution in [2.75, 3.05) is 37.6 Å². The van der Waals surface area contributed by atoms with E-state index in [-0.39, 0.29) is 0 Å². The zero-order valence-electron chi connectivity index (χ0n) is 13.4. The summed E-state index contributed by atoms with van der Waals surface area (Å²) in [5, 5.41) is 7.08. The summed E-state index contributed by atoms with van der Waals surface area (Å²) in [4.78, 5) is 13.9. The van der Waals surface area contributed by atoms with Gasteiger partial charge in [-0.2, -0.15) is 5.10 Å². The van der Waals surface area contributed by atoms with E-state index in [1.54, 1.807) is 0 Å². The number of nitrogens with zero attached hydrogens (tertiary/aromatic N) is 5. The molecule has 0 saturated carbocycles. The minimum atomic E-state index is 0.897. The van der Waals surface area contributed by atoms with Crippen LogP contribution in [0.2, 0.25) is 0 Å². The summed E-state index contributed by atoms with van der Waals surface area (Å²) in [7, 11) is 0. The number of pyridine rings is 1. The van der Waals surface area contributed by atoms with Crippen LogP contribution < -0.4 is 4.90 Å². The minimum absolute atomic E-state index is 0.897. The van der Waals surface area contributed by atoms with Gasteiger partial charge in [-0.3, -0.25) is 10.00 Å². The van der Waals surface area contributed by atoms with E-state index in [0.717, 1.165) is 68.7 Å². The van der Waals surface area contributed by atoms with Gasteiger partial charge in [-0.15, -0.1) is 0 Å². The number of H-pyrrole nitrogens is 1. The van der Waals surface area contributed by atoms with E-state index in [0.29, 0.717) is 0 Å². The van der Waals surface area contributed by atoms with Gasteiger partial charge in [0.15, 0.2) is 5.82 Å². The maximum atomic E-state index is 4.61. The van der Waals surface area contributed by atoms with Gasteiger partial charge in [0.25, 0.3) is 0 Å². The highest BCUT2D eigenvalue weighted by atomic mass is 15.3. The number of aryl methyl sites for hydroxylation is 3. The van der Waals surface area contributed by atoms with Crippen LogP contribution >= 0.6 is 0 Å². The van der Waals surface area contributed by atoms with Crippen LogP contribution in [0.3, 0.4) is 0 Å². The lowest BCUT2D eigenvalue weighted by molar-refractivity contribution is 0.254. The van der Waals surface area contributed by atoms with Crippen LogP contribution in [0, 0.1) is 13.8 Å². The molecule has 0 radical (unpaired) electrons. The Morgan fingerprint density at radius 1 is 1.09 bits per heavy atom. The fraction of sp³-hybridized carbons (Fsp3) is 0.562. The van der Waals surface area contributed by atoms with Crippen LogP contribution in [-0.2, 0) is 6.42 Å². The van der Waals surface area contributed by atoms with Crippen molar-refractivity contribution in [1.82, 2.24) is 25.1 Å². The molecule has 0 amide bonds. The van der Waals surface area contributed by atoms with Crippen LogP contribution in [0.5, 0.6) is 0 Å². The predicted molar refractivity (Wildman–Crippen MR) is 87.1 cm³/mol. The van der Waals surface area contributed by atoms with Crippen molar-refractivity contribution in [2.24, 2.45) is 0 Å². The van der Waals surface area contributed by atoms with Gasteiger partial charge in [0.2, 0.25) is 0 Å². The van der Waals surface area contributed by atoms with Gasteiger partial charge in [0.05, 0.1) is 0 Å². The number of rotatable bonds is 5. The number of nitrogens with one attached hydrogen (secondary N) is 1. The lowest BCUT2D eigenvalue weighted by Crippen LogP contribution is -2.47. The number of piperazine rings is 1. The van der Waals surface area contributed by atoms with Gasteiger partial charge in [0.1, 0.15) is 11.6 Å². The maximum Gasteiger partial charge on any atom is 0.150 e. The second kappa shape index (κ2) is 6.87. The van der Waals surface area contributed by atoms with Crippen LogP contribution in [0.1, 0.15) is 23.8 Å². The van der Waals surface area contributed by atoms with E-state index in [9.17, 15) is 0 Å². The third-order valence-corrected chi connectivity index (χ3v) is 4.09. The quantitative estimate of drug-likeness (QED) is 0.908. The van der Waals surface area contributed by atoms with Crippen molar-refractivity contribution in [3.8, 4) is 0 Å². The summed E-state index contributed by atoms with van der Waals surface area (Å²) in [6, 6.07) is 6.24. The highest BCUT2D eigenvalue weighted by molar-refractivity contribution is 5.39. The fourth-order valence-corrected chi connectivity index (χ4v) is 2.87. The summed E-state index contributed by atoms with van der Waals surface area (Å²) in [5.41, 5.74) is 1.08. The Morgan fingerprint density at radius 2 is 1.91 bits per heavy atom. The largest absolute Gasteiger partial charge is 0.354 e. The number of hydrogen-bond acceptors (Lipinski definition) is 5. The molecule has 0 aliphatic carbocycles. The Hall–Kier alpha value is -1.95. The predicted octanol–water partition coefficient (Wildman–Crippen LogP) is 1.57. The summed E-state index contributed by atoms with van der Waals surface area (Å²) >= 11 is 0. The summed E-state index contributed by atoms with van der Waals surface area (Å²) < 4.78 is 0. The standard InChI is InChI=1S/C16H24N6/c1-13-5-3-7-16(17-13)22-11-9-21(10-12-22)8-4-6-15-18-14(2)19-20-15/h3,5,7H,4,6,8-12H2,1-2H3,(H,18,19,20). The van der Waals surface area contributed by atoms with Crippen LogP contribution in [0.4, 0.5) is 5.82 Å². The minimum Gasteiger partial charge on any atom is -0.354 e. The lowest BCUT2D eigenvalue weighted by atomic mass is 10.2. The molecule has 1 aliphatic heterocycles. The Balaban J connectivity index is 1.42. The molecule has 2 aromatic rings. The van der Waals surface area contributed by atoms with Gasteiger partial charge in [-0.05, 0) is 38.9 Å². The Kier molecular flexibility index (Phi) is 4.68. The van der Waals surface area contributed by atoms with Crippen LogP contribution in [0.25, 0.3) is 0 Å². The molecule has 1 saturated heterocycles. The third kappa shape index (κ3) is 3.82. The molecule has 0 unspecified atom stereocenters. The molecule has 3 heterocycles. The van der Waals surface area contributed by atoms with Crippen LogP contribution in [-0.4, -0.2) is 57.8 Å².